The monoisotopic (exact) mass is 297 g/mol. The first kappa shape index (κ1) is 12.9. The Morgan fingerprint density at radius 2 is 2.00 bits per heavy atom. The molecule has 1 aliphatic carbocycles. The lowest BCUT2D eigenvalue weighted by molar-refractivity contribution is 0.325. The number of rotatable bonds is 3. The van der Waals surface area contributed by atoms with Crippen molar-refractivity contribution in [1.82, 2.24) is 0 Å². The maximum absolute atomic E-state index is 5.93. The molecule has 2 nitrogen and oxygen atoms in total. The first-order chi connectivity index (χ1) is 8.19. The van der Waals surface area contributed by atoms with E-state index in [4.69, 9.17) is 10.5 Å². The van der Waals surface area contributed by atoms with Crippen molar-refractivity contribution in [3.63, 3.8) is 0 Å². The van der Waals surface area contributed by atoms with Gasteiger partial charge < -0.3 is 10.5 Å². The van der Waals surface area contributed by atoms with Gasteiger partial charge in [-0.15, -0.1) is 0 Å². The molecule has 0 radical (unpaired) electrons. The van der Waals surface area contributed by atoms with Crippen LogP contribution in [0, 0.1) is 5.92 Å². The van der Waals surface area contributed by atoms with Gasteiger partial charge in [0.25, 0.3) is 0 Å². The van der Waals surface area contributed by atoms with Crippen molar-refractivity contribution >= 4 is 15.9 Å². The molecule has 0 bridgehead atoms. The van der Waals surface area contributed by atoms with Crippen LogP contribution >= 0.6 is 15.9 Å². The number of nitrogens with two attached hydrogens (primary N) is 1. The van der Waals surface area contributed by atoms with Crippen molar-refractivity contribution in [2.75, 3.05) is 7.11 Å². The van der Waals surface area contributed by atoms with Crippen molar-refractivity contribution < 1.29 is 4.74 Å². The number of ether oxygens (including phenoxy) is 1. The molecule has 1 fully saturated rings. The molecule has 0 unspecified atom stereocenters. The summed E-state index contributed by atoms with van der Waals surface area (Å²) < 4.78 is 6.29. The Balaban J connectivity index is 1.97. The molecule has 1 aromatic carbocycles. The van der Waals surface area contributed by atoms with E-state index in [0.717, 1.165) is 22.6 Å². The third kappa shape index (κ3) is 3.46. The Morgan fingerprint density at radius 1 is 1.29 bits per heavy atom. The highest BCUT2D eigenvalue weighted by atomic mass is 79.9. The molecule has 1 aromatic rings. The van der Waals surface area contributed by atoms with E-state index in [1.54, 1.807) is 7.11 Å². The van der Waals surface area contributed by atoms with Crippen LogP contribution in [0.2, 0.25) is 0 Å². The maximum Gasteiger partial charge on any atom is 0.133 e. The molecule has 0 saturated heterocycles. The van der Waals surface area contributed by atoms with Gasteiger partial charge in [-0.1, -0.05) is 6.07 Å². The molecule has 17 heavy (non-hydrogen) atoms. The lowest BCUT2D eigenvalue weighted by atomic mass is 9.83. The Bertz CT molecular complexity index is 372. The van der Waals surface area contributed by atoms with E-state index in [1.807, 2.05) is 6.07 Å². The summed E-state index contributed by atoms with van der Waals surface area (Å²) in [5, 5.41) is 0. The summed E-state index contributed by atoms with van der Waals surface area (Å²) in [6, 6.07) is 6.81. The maximum atomic E-state index is 5.93. The quantitative estimate of drug-likeness (QED) is 0.926. The first-order valence-corrected chi connectivity index (χ1v) is 7.06. The van der Waals surface area contributed by atoms with Crippen molar-refractivity contribution in [3.8, 4) is 5.75 Å². The van der Waals surface area contributed by atoms with Gasteiger partial charge in [-0.2, -0.15) is 0 Å². The van der Waals surface area contributed by atoms with E-state index in [9.17, 15) is 0 Å². The van der Waals surface area contributed by atoms with Gasteiger partial charge in [0.15, 0.2) is 0 Å². The second-order valence-corrected chi connectivity index (χ2v) is 5.81. The van der Waals surface area contributed by atoms with Crippen LogP contribution in [0.25, 0.3) is 0 Å². The number of methoxy groups -OCH3 is 1. The zero-order chi connectivity index (χ0) is 12.3. The van der Waals surface area contributed by atoms with Gasteiger partial charge in [0, 0.05) is 6.04 Å². The van der Waals surface area contributed by atoms with Crippen LogP contribution < -0.4 is 10.5 Å². The zero-order valence-electron chi connectivity index (χ0n) is 10.3. The molecule has 0 aromatic heterocycles. The summed E-state index contributed by atoms with van der Waals surface area (Å²) in [4.78, 5) is 0. The Labute approximate surface area is 112 Å². The van der Waals surface area contributed by atoms with Crippen LogP contribution in [0.4, 0.5) is 0 Å². The predicted octanol–water partition coefficient (Wildman–Crippen LogP) is 3.52. The van der Waals surface area contributed by atoms with Crippen molar-refractivity contribution in [1.29, 1.82) is 0 Å². The molecule has 2 rings (SSSR count). The van der Waals surface area contributed by atoms with E-state index in [1.165, 1.54) is 31.2 Å². The summed E-state index contributed by atoms with van der Waals surface area (Å²) in [6.07, 6.45) is 6.06. The van der Waals surface area contributed by atoms with Crippen molar-refractivity contribution in [2.24, 2.45) is 11.7 Å². The second kappa shape index (κ2) is 5.87. The van der Waals surface area contributed by atoms with Crippen molar-refractivity contribution in [3.05, 3.63) is 28.2 Å². The van der Waals surface area contributed by atoms with Gasteiger partial charge >= 0.3 is 0 Å². The molecule has 0 amide bonds. The fourth-order valence-corrected chi connectivity index (χ4v) is 3.15. The lowest BCUT2D eigenvalue weighted by Gasteiger charge is -2.26. The Morgan fingerprint density at radius 3 is 2.59 bits per heavy atom. The van der Waals surface area contributed by atoms with Crippen LogP contribution in [0.15, 0.2) is 22.7 Å². The number of benzene rings is 1. The van der Waals surface area contributed by atoms with Gasteiger partial charge in [0.05, 0.1) is 11.6 Å². The molecule has 1 aliphatic rings. The average molecular weight is 298 g/mol. The molecule has 0 spiro atoms. The zero-order valence-corrected chi connectivity index (χ0v) is 11.9. The van der Waals surface area contributed by atoms with E-state index >= 15 is 0 Å². The molecule has 1 saturated carbocycles. The normalized spacial score (nSPS) is 24.6. The molecule has 0 atom stereocenters. The molecule has 2 N–H and O–H groups in total. The van der Waals surface area contributed by atoms with Gasteiger partial charge in [0.1, 0.15) is 5.75 Å². The van der Waals surface area contributed by atoms with Gasteiger partial charge in [-0.05, 0) is 71.6 Å². The first-order valence-electron chi connectivity index (χ1n) is 6.27. The van der Waals surface area contributed by atoms with E-state index < -0.39 is 0 Å². The highest BCUT2D eigenvalue weighted by Gasteiger charge is 2.18. The minimum absolute atomic E-state index is 0.439. The van der Waals surface area contributed by atoms with Crippen LogP contribution in [-0.4, -0.2) is 13.2 Å². The number of hydrogen-bond acceptors (Lipinski definition) is 2. The number of hydrogen-bond donors (Lipinski definition) is 1. The molecular formula is C14H20BrNO. The SMILES string of the molecule is COc1ccc(CC2CCC(N)CC2)cc1Br. The summed E-state index contributed by atoms with van der Waals surface area (Å²) in [6.45, 7) is 0. The van der Waals surface area contributed by atoms with Crippen LogP contribution in [-0.2, 0) is 6.42 Å². The summed E-state index contributed by atoms with van der Waals surface area (Å²) in [5.74, 6) is 1.70. The average Bonchev–Trinajstić information content (AvgIpc) is 2.32. The largest absolute Gasteiger partial charge is 0.496 e. The minimum atomic E-state index is 0.439. The highest BCUT2D eigenvalue weighted by Crippen LogP contribution is 2.30. The fraction of sp³-hybridized carbons (Fsp3) is 0.571. The summed E-state index contributed by atoms with van der Waals surface area (Å²) in [5.41, 5.74) is 7.32. The van der Waals surface area contributed by atoms with Gasteiger partial charge in [0.2, 0.25) is 0 Å². The summed E-state index contributed by atoms with van der Waals surface area (Å²) >= 11 is 3.54. The third-order valence-corrected chi connectivity index (χ3v) is 4.25. The lowest BCUT2D eigenvalue weighted by Crippen LogP contribution is -2.27. The van der Waals surface area contributed by atoms with Crippen LogP contribution in [0.1, 0.15) is 31.2 Å². The Kier molecular flexibility index (Phi) is 4.46. The fourth-order valence-electron chi connectivity index (χ4n) is 2.56. The molecule has 0 aliphatic heterocycles. The van der Waals surface area contributed by atoms with E-state index in [-0.39, 0.29) is 0 Å². The highest BCUT2D eigenvalue weighted by molar-refractivity contribution is 9.10. The van der Waals surface area contributed by atoms with Crippen LogP contribution in [0.3, 0.4) is 0 Å². The minimum Gasteiger partial charge on any atom is -0.496 e. The Hall–Kier alpha value is -0.540. The van der Waals surface area contributed by atoms with E-state index in [0.29, 0.717) is 6.04 Å². The molecular weight excluding hydrogens is 278 g/mol. The molecule has 0 heterocycles. The number of halogens is 1. The van der Waals surface area contributed by atoms with Gasteiger partial charge in [-0.3, -0.25) is 0 Å². The summed E-state index contributed by atoms with van der Waals surface area (Å²) in [7, 11) is 1.70. The topological polar surface area (TPSA) is 35.2 Å². The van der Waals surface area contributed by atoms with Crippen LogP contribution in [0.5, 0.6) is 5.75 Å². The molecule has 94 valence electrons. The predicted molar refractivity (Wildman–Crippen MR) is 74.3 cm³/mol. The third-order valence-electron chi connectivity index (χ3n) is 3.63. The standard InChI is InChI=1S/C14H20BrNO/c1-17-14-7-4-11(9-13(14)15)8-10-2-5-12(16)6-3-10/h4,7,9-10,12H,2-3,5-6,8,16H2,1H3. The van der Waals surface area contributed by atoms with Gasteiger partial charge in [-0.25, -0.2) is 0 Å². The van der Waals surface area contributed by atoms with Crippen molar-refractivity contribution in [2.45, 2.75) is 38.1 Å². The smallest absolute Gasteiger partial charge is 0.133 e. The van der Waals surface area contributed by atoms with E-state index in [2.05, 4.69) is 28.1 Å². The molecule has 3 heteroatoms. The second-order valence-electron chi connectivity index (χ2n) is 4.95.